The number of allylic oxidation sites excluding steroid dienone is 2. The lowest BCUT2D eigenvalue weighted by molar-refractivity contribution is 0.0940. The average molecular weight is 409 g/mol. The van der Waals surface area contributed by atoms with Crippen LogP contribution in [0, 0.1) is 12.8 Å². The van der Waals surface area contributed by atoms with Crippen molar-refractivity contribution in [1.82, 2.24) is 5.32 Å². The van der Waals surface area contributed by atoms with E-state index < -0.39 is 0 Å². The third kappa shape index (κ3) is 3.54. The van der Waals surface area contributed by atoms with E-state index in [0.29, 0.717) is 11.8 Å². The molecule has 5 rings (SSSR count). The number of hydrogen-bond donors (Lipinski definition) is 2. The van der Waals surface area contributed by atoms with Crippen LogP contribution in [-0.4, -0.2) is 5.91 Å². The first-order valence-corrected chi connectivity index (χ1v) is 11.1. The van der Waals surface area contributed by atoms with Gasteiger partial charge in [-0.25, -0.2) is 0 Å². The third-order valence-corrected chi connectivity index (χ3v) is 6.81. The van der Waals surface area contributed by atoms with Crippen molar-refractivity contribution in [3.05, 3.63) is 113 Å². The minimum atomic E-state index is -0.0561. The SMILES string of the molecule is Cc1ccccc1C1Nc2c(C(=O)NC(C)c3ccccc3)cccc2C2C=CCC21. The molecule has 3 aromatic carbocycles. The third-order valence-electron chi connectivity index (χ3n) is 6.81. The second-order valence-electron chi connectivity index (χ2n) is 8.71. The van der Waals surface area contributed by atoms with E-state index in [1.54, 1.807) is 0 Å². The van der Waals surface area contributed by atoms with Crippen molar-refractivity contribution >= 4 is 11.6 Å². The molecule has 1 aliphatic heterocycles. The van der Waals surface area contributed by atoms with Crippen molar-refractivity contribution in [2.45, 2.75) is 38.3 Å². The molecular weight excluding hydrogens is 380 g/mol. The summed E-state index contributed by atoms with van der Waals surface area (Å²) in [7, 11) is 0. The molecule has 0 bridgehead atoms. The van der Waals surface area contributed by atoms with Crippen molar-refractivity contribution in [3.63, 3.8) is 0 Å². The topological polar surface area (TPSA) is 41.1 Å². The Hall–Kier alpha value is -3.33. The van der Waals surface area contributed by atoms with E-state index in [1.165, 1.54) is 16.7 Å². The van der Waals surface area contributed by atoms with Gasteiger partial charge < -0.3 is 10.6 Å². The summed E-state index contributed by atoms with van der Waals surface area (Å²) in [6.07, 6.45) is 5.67. The van der Waals surface area contributed by atoms with E-state index in [9.17, 15) is 4.79 Å². The van der Waals surface area contributed by atoms with Gasteiger partial charge in [-0.3, -0.25) is 4.79 Å². The van der Waals surface area contributed by atoms with Crippen LogP contribution in [0.15, 0.2) is 84.9 Å². The number of nitrogens with one attached hydrogen (secondary N) is 2. The zero-order chi connectivity index (χ0) is 21.4. The molecule has 31 heavy (non-hydrogen) atoms. The Kier molecular flexibility index (Phi) is 5.11. The minimum absolute atomic E-state index is 0.0373. The lowest BCUT2D eigenvalue weighted by Gasteiger charge is -2.39. The number of aryl methyl sites for hydroxylation is 1. The Morgan fingerprint density at radius 1 is 0.968 bits per heavy atom. The van der Waals surface area contributed by atoms with Crippen LogP contribution in [0.5, 0.6) is 0 Å². The van der Waals surface area contributed by atoms with Crippen molar-refractivity contribution in [2.75, 3.05) is 5.32 Å². The summed E-state index contributed by atoms with van der Waals surface area (Å²) in [5, 5.41) is 6.98. The lowest BCUT2D eigenvalue weighted by atomic mass is 9.75. The van der Waals surface area contributed by atoms with Gasteiger partial charge in [0.25, 0.3) is 5.91 Å². The molecule has 0 saturated carbocycles. The molecule has 1 heterocycles. The second-order valence-corrected chi connectivity index (χ2v) is 8.71. The van der Waals surface area contributed by atoms with Crippen molar-refractivity contribution in [2.24, 2.45) is 5.92 Å². The number of anilines is 1. The number of fused-ring (bicyclic) bond motifs is 3. The van der Waals surface area contributed by atoms with Crippen LogP contribution in [-0.2, 0) is 0 Å². The van der Waals surface area contributed by atoms with Gasteiger partial charge in [0.1, 0.15) is 0 Å². The summed E-state index contributed by atoms with van der Waals surface area (Å²) in [6.45, 7) is 4.20. The number of para-hydroxylation sites is 1. The molecule has 0 spiro atoms. The maximum absolute atomic E-state index is 13.3. The van der Waals surface area contributed by atoms with E-state index in [1.807, 2.05) is 49.4 Å². The molecule has 0 saturated heterocycles. The standard InChI is InChI=1S/C28H28N2O/c1-18-10-6-7-13-21(18)26-23-15-8-14-22(23)24-16-9-17-25(27(24)30-26)28(31)29-19(2)20-11-4-3-5-12-20/h3-14,16-17,19,22-23,26,30H,15H2,1-2H3,(H,29,31). The highest BCUT2D eigenvalue weighted by Gasteiger charge is 2.39. The molecule has 0 radical (unpaired) electrons. The van der Waals surface area contributed by atoms with Gasteiger partial charge in [0.2, 0.25) is 0 Å². The molecule has 3 heteroatoms. The number of rotatable bonds is 4. The molecule has 1 amide bonds. The molecule has 156 valence electrons. The molecule has 0 aromatic heterocycles. The number of carbonyl (C=O) groups excluding carboxylic acids is 1. The number of benzene rings is 3. The van der Waals surface area contributed by atoms with E-state index in [0.717, 1.165) is 23.2 Å². The normalized spacial score (nSPS) is 22.2. The Labute approximate surface area is 184 Å². The first-order valence-electron chi connectivity index (χ1n) is 11.1. The molecule has 4 unspecified atom stereocenters. The number of hydrogen-bond acceptors (Lipinski definition) is 2. The summed E-state index contributed by atoms with van der Waals surface area (Å²) >= 11 is 0. The predicted molar refractivity (Wildman–Crippen MR) is 126 cm³/mol. The summed E-state index contributed by atoms with van der Waals surface area (Å²) < 4.78 is 0. The molecular formula is C28H28N2O. The Bertz CT molecular complexity index is 1130. The molecule has 1 aliphatic carbocycles. The minimum Gasteiger partial charge on any atom is -0.377 e. The van der Waals surface area contributed by atoms with Crippen LogP contribution >= 0.6 is 0 Å². The second kappa shape index (κ2) is 8.07. The zero-order valence-corrected chi connectivity index (χ0v) is 18.0. The maximum Gasteiger partial charge on any atom is 0.253 e. The van der Waals surface area contributed by atoms with Crippen LogP contribution in [0.1, 0.15) is 64.0 Å². The van der Waals surface area contributed by atoms with Gasteiger partial charge in [-0.1, -0.05) is 78.9 Å². The molecule has 4 atom stereocenters. The van der Waals surface area contributed by atoms with Crippen molar-refractivity contribution in [3.8, 4) is 0 Å². The fraction of sp³-hybridized carbons (Fsp3) is 0.250. The van der Waals surface area contributed by atoms with Crippen LogP contribution in [0.4, 0.5) is 5.69 Å². The highest BCUT2D eigenvalue weighted by molar-refractivity contribution is 6.01. The monoisotopic (exact) mass is 408 g/mol. The smallest absolute Gasteiger partial charge is 0.253 e. The van der Waals surface area contributed by atoms with Crippen molar-refractivity contribution in [1.29, 1.82) is 0 Å². The number of amides is 1. The summed E-state index contributed by atoms with van der Waals surface area (Å²) in [4.78, 5) is 13.3. The Balaban J connectivity index is 1.50. The van der Waals surface area contributed by atoms with Gasteiger partial charge in [-0.15, -0.1) is 0 Å². The van der Waals surface area contributed by atoms with Crippen LogP contribution in [0.25, 0.3) is 0 Å². The summed E-state index contributed by atoms with van der Waals surface area (Å²) in [6, 6.07) is 24.9. The number of carbonyl (C=O) groups is 1. The van der Waals surface area contributed by atoms with E-state index in [2.05, 4.69) is 60.0 Å². The fourth-order valence-electron chi connectivity index (χ4n) is 5.15. The predicted octanol–water partition coefficient (Wildman–Crippen LogP) is 6.31. The Morgan fingerprint density at radius 3 is 2.52 bits per heavy atom. The van der Waals surface area contributed by atoms with Crippen LogP contribution < -0.4 is 10.6 Å². The lowest BCUT2D eigenvalue weighted by Crippen LogP contribution is -2.33. The van der Waals surface area contributed by atoms with E-state index in [-0.39, 0.29) is 18.0 Å². The fourth-order valence-corrected chi connectivity index (χ4v) is 5.15. The molecule has 3 nitrogen and oxygen atoms in total. The van der Waals surface area contributed by atoms with Gasteiger partial charge in [0.15, 0.2) is 0 Å². The maximum atomic E-state index is 13.3. The van der Waals surface area contributed by atoms with Crippen LogP contribution in [0.3, 0.4) is 0 Å². The average Bonchev–Trinajstić information content (AvgIpc) is 3.29. The molecule has 3 aromatic rings. The largest absolute Gasteiger partial charge is 0.377 e. The van der Waals surface area contributed by atoms with Gasteiger partial charge in [-0.2, -0.15) is 0 Å². The highest BCUT2D eigenvalue weighted by Crippen LogP contribution is 2.51. The quantitative estimate of drug-likeness (QED) is 0.497. The van der Waals surface area contributed by atoms with Gasteiger partial charge >= 0.3 is 0 Å². The molecule has 2 N–H and O–H groups in total. The molecule has 0 fully saturated rings. The van der Waals surface area contributed by atoms with Gasteiger partial charge in [-0.05, 0) is 54.5 Å². The zero-order valence-electron chi connectivity index (χ0n) is 18.0. The van der Waals surface area contributed by atoms with E-state index >= 15 is 0 Å². The van der Waals surface area contributed by atoms with Gasteiger partial charge in [0, 0.05) is 5.92 Å². The van der Waals surface area contributed by atoms with Gasteiger partial charge in [0.05, 0.1) is 23.3 Å². The van der Waals surface area contributed by atoms with E-state index in [4.69, 9.17) is 0 Å². The summed E-state index contributed by atoms with van der Waals surface area (Å²) in [5.41, 5.74) is 6.63. The van der Waals surface area contributed by atoms with Crippen molar-refractivity contribution < 1.29 is 4.79 Å². The van der Waals surface area contributed by atoms with Crippen LogP contribution in [0.2, 0.25) is 0 Å². The first kappa shape index (κ1) is 19.6. The molecule has 2 aliphatic rings. The Morgan fingerprint density at radius 2 is 1.71 bits per heavy atom. The first-order chi connectivity index (χ1) is 15.1. The highest BCUT2D eigenvalue weighted by atomic mass is 16.1. The summed E-state index contributed by atoms with van der Waals surface area (Å²) in [5.74, 6) is 0.764.